The van der Waals surface area contributed by atoms with Crippen molar-refractivity contribution in [3.8, 4) is 0 Å². The van der Waals surface area contributed by atoms with Gasteiger partial charge in [0.05, 0.1) is 12.6 Å². The Hall–Kier alpha value is -1.55. The summed E-state index contributed by atoms with van der Waals surface area (Å²) in [6.07, 6.45) is -0.426. The van der Waals surface area contributed by atoms with Gasteiger partial charge < -0.3 is 14.7 Å². The van der Waals surface area contributed by atoms with Gasteiger partial charge >= 0.3 is 6.09 Å². The number of carbonyl (C=O) groups is 1. The predicted molar refractivity (Wildman–Crippen MR) is 61.1 cm³/mol. The van der Waals surface area contributed by atoms with E-state index in [-0.39, 0.29) is 19.3 Å². The third-order valence-electron chi connectivity index (χ3n) is 2.47. The Morgan fingerprint density at radius 1 is 1.44 bits per heavy atom. The highest BCUT2D eigenvalue weighted by atomic mass is 16.6. The number of hydrogen-bond donors (Lipinski definition) is 1. The third kappa shape index (κ3) is 3.24. The van der Waals surface area contributed by atoms with Gasteiger partial charge in [-0.3, -0.25) is 0 Å². The van der Waals surface area contributed by atoms with Crippen molar-refractivity contribution in [3.05, 3.63) is 35.9 Å². The standard InChI is InChI=1S/C12H17NO3/c1-10(11-6-4-3-5-7-11)13(2)12(15)16-9-8-14/h3-7,10,14H,8-9H2,1-2H3. The molecule has 0 radical (unpaired) electrons. The molecule has 1 aromatic carbocycles. The Labute approximate surface area is 95.5 Å². The third-order valence-corrected chi connectivity index (χ3v) is 2.47. The molecule has 1 rings (SSSR count). The minimum atomic E-state index is -0.426. The molecule has 0 saturated carbocycles. The smallest absolute Gasteiger partial charge is 0.410 e. The van der Waals surface area contributed by atoms with Gasteiger partial charge in [0, 0.05) is 7.05 Å². The van der Waals surface area contributed by atoms with Crippen molar-refractivity contribution in [1.82, 2.24) is 4.90 Å². The fourth-order valence-electron chi connectivity index (χ4n) is 1.35. The van der Waals surface area contributed by atoms with Crippen LogP contribution >= 0.6 is 0 Å². The molecular weight excluding hydrogens is 206 g/mol. The lowest BCUT2D eigenvalue weighted by Gasteiger charge is -2.24. The SMILES string of the molecule is CC(c1ccccc1)N(C)C(=O)OCCO. The number of ether oxygens (including phenoxy) is 1. The van der Waals surface area contributed by atoms with E-state index in [2.05, 4.69) is 0 Å². The van der Waals surface area contributed by atoms with Crippen molar-refractivity contribution in [2.24, 2.45) is 0 Å². The Morgan fingerprint density at radius 2 is 2.06 bits per heavy atom. The summed E-state index contributed by atoms with van der Waals surface area (Å²) in [6, 6.07) is 9.66. The van der Waals surface area contributed by atoms with E-state index in [4.69, 9.17) is 9.84 Å². The Kier molecular flexibility index (Phi) is 4.79. The molecule has 0 aliphatic rings. The summed E-state index contributed by atoms with van der Waals surface area (Å²) in [5.74, 6) is 0. The average molecular weight is 223 g/mol. The van der Waals surface area contributed by atoms with E-state index >= 15 is 0 Å². The van der Waals surface area contributed by atoms with Crippen LogP contribution in [0.1, 0.15) is 18.5 Å². The van der Waals surface area contributed by atoms with Crippen LogP contribution in [0.4, 0.5) is 4.79 Å². The molecule has 0 bridgehead atoms. The highest BCUT2D eigenvalue weighted by Gasteiger charge is 2.17. The Bertz CT molecular complexity index is 326. The number of amides is 1. The van der Waals surface area contributed by atoms with E-state index in [0.717, 1.165) is 5.56 Å². The highest BCUT2D eigenvalue weighted by Crippen LogP contribution is 2.18. The molecule has 4 heteroatoms. The van der Waals surface area contributed by atoms with Crippen LogP contribution in [0.2, 0.25) is 0 Å². The number of benzene rings is 1. The van der Waals surface area contributed by atoms with E-state index in [1.807, 2.05) is 37.3 Å². The number of aliphatic hydroxyl groups excluding tert-OH is 1. The second kappa shape index (κ2) is 6.12. The summed E-state index contributed by atoms with van der Waals surface area (Å²) in [6.45, 7) is 1.81. The van der Waals surface area contributed by atoms with Crippen LogP contribution in [-0.4, -0.2) is 36.4 Å². The number of rotatable bonds is 4. The maximum atomic E-state index is 11.5. The summed E-state index contributed by atoms with van der Waals surface area (Å²) in [5.41, 5.74) is 1.05. The lowest BCUT2D eigenvalue weighted by Crippen LogP contribution is -2.30. The summed E-state index contributed by atoms with van der Waals surface area (Å²) < 4.78 is 4.83. The first-order valence-electron chi connectivity index (χ1n) is 5.22. The lowest BCUT2D eigenvalue weighted by atomic mass is 10.1. The van der Waals surface area contributed by atoms with Crippen LogP contribution in [0.15, 0.2) is 30.3 Å². The molecule has 1 amide bonds. The van der Waals surface area contributed by atoms with Crippen molar-refractivity contribution in [1.29, 1.82) is 0 Å². The van der Waals surface area contributed by atoms with Crippen LogP contribution in [0.3, 0.4) is 0 Å². The van der Waals surface area contributed by atoms with Gasteiger partial charge in [-0.1, -0.05) is 30.3 Å². The van der Waals surface area contributed by atoms with Crippen LogP contribution < -0.4 is 0 Å². The van der Waals surface area contributed by atoms with Gasteiger partial charge in [0.25, 0.3) is 0 Å². The molecule has 0 saturated heterocycles. The van der Waals surface area contributed by atoms with Gasteiger partial charge in [0.1, 0.15) is 6.61 Å². The molecule has 4 nitrogen and oxygen atoms in total. The van der Waals surface area contributed by atoms with E-state index in [9.17, 15) is 4.79 Å². The van der Waals surface area contributed by atoms with Crippen molar-refractivity contribution >= 4 is 6.09 Å². The molecule has 0 spiro atoms. The first-order chi connectivity index (χ1) is 7.66. The summed E-state index contributed by atoms with van der Waals surface area (Å²) in [4.78, 5) is 13.0. The molecule has 0 aliphatic heterocycles. The van der Waals surface area contributed by atoms with Crippen LogP contribution in [0, 0.1) is 0 Å². The fourth-order valence-corrected chi connectivity index (χ4v) is 1.35. The van der Waals surface area contributed by atoms with Crippen LogP contribution in [-0.2, 0) is 4.74 Å². The van der Waals surface area contributed by atoms with Gasteiger partial charge in [-0.15, -0.1) is 0 Å². The van der Waals surface area contributed by atoms with Crippen molar-refractivity contribution < 1.29 is 14.6 Å². The number of nitrogens with zero attached hydrogens (tertiary/aromatic N) is 1. The molecule has 0 fully saturated rings. The molecule has 0 heterocycles. The van der Waals surface area contributed by atoms with Crippen molar-refractivity contribution in [2.45, 2.75) is 13.0 Å². The van der Waals surface area contributed by atoms with Crippen LogP contribution in [0.25, 0.3) is 0 Å². The summed E-state index contributed by atoms with van der Waals surface area (Å²) in [7, 11) is 1.68. The first-order valence-corrected chi connectivity index (χ1v) is 5.22. The maximum Gasteiger partial charge on any atom is 0.410 e. The minimum absolute atomic E-state index is 0.0324. The number of carbonyl (C=O) groups excluding carboxylic acids is 1. The van der Waals surface area contributed by atoms with E-state index < -0.39 is 6.09 Å². The lowest BCUT2D eigenvalue weighted by molar-refractivity contribution is 0.0819. The summed E-state index contributed by atoms with van der Waals surface area (Å²) in [5, 5.41) is 8.56. The Balaban J connectivity index is 2.60. The molecule has 0 aliphatic carbocycles. The zero-order chi connectivity index (χ0) is 12.0. The van der Waals surface area contributed by atoms with Gasteiger partial charge in [-0.25, -0.2) is 4.79 Å². The van der Waals surface area contributed by atoms with Crippen molar-refractivity contribution in [3.63, 3.8) is 0 Å². The topological polar surface area (TPSA) is 49.8 Å². The van der Waals surface area contributed by atoms with Gasteiger partial charge in [-0.05, 0) is 12.5 Å². The normalized spacial score (nSPS) is 11.9. The van der Waals surface area contributed by atoms with E-state index in [1.54, 1.807) is 7.05 Å². The van der Waals surface area contributed by atoms with Gasteiger partial charge in [-0.2, -0.15) is 0 Å². The molecule has 0 aromatic heterocycles. The molecule has 1 unspecified atom stereocenters. The van der Waals surface area contributed by atoms with Crippen molar-refractivity contribution in [2.75, 3.05) is 20.3 Å². The second-order valence-electron chi connectivity index (χ2n) is 3.54. The molecule has 1 aromatic rings. The quantitative estimate of drug-likeness (QED) is 0.846. The van der Waals surface area contributed by atoms with Crippen LogP contribution in [0.5, 0.6) is 0 Å². The predicted octanol–water partition coefficient (Wildman–Crippen LogP) is 1.81. The molecule has 1 N–H and O–H groups in total. The molecule has 1 atom stereocenters. The van der Waals surface area contributed by atoms with E-state index in [0.29, 0.717) is 0 Å². The zero-order valence-corrected chi connectivity index (χ0v) is 9.59. The summed E-state index contributed by atoms with van der Waals surface area (Å²) >= 11 is 0. The van der Waals surface area contributed by atoms with Gasteiger partial charge in [0.2, 0.25) is 0 Å². The Morgan fingerprint density at radius 3 is 2.62 bits per heavy atom. The highest BCUT2D eigenvalue weighted by molar-refractivity contribution is 5.67. The number of hydrogen-bond acceptors (Lipinski definition) is 3. The molecule has 88 valence electrons. The molecule has 16 heavy (non-hydrogen) atoms. The monoisotopic (exact) mass is 223 g/mol. The fraction of sp³-hybridized carbons (Fsp3) is 0.417. The average Bonchev–Trinajstić information content (AvgIpc) is 2.35. The number of aliphatic hydroxyl groups is 1. The molecular formula is C12H17NO3. The maximum absolute atomic E-state index is 11.5. The minimum Gasteiger partial charge on any atom is -0.447 e. The van der Waals surface area contributed by atoms with Gasteiger partial charge in [0.15, 0.2) is 0 Å². The largest absolute Gasteiger partial charge is 0.447 e. The first kappa shape index (κ1) is 12.5. The zero-order valence-electron chi connectivity index (χ0n) is 9.59. The second-order valence-corrected chi connectivity index (χ2v) is 3.54. The van der Waals surface area contributed by atoms with E-state index in [1.165, 1.54) is 4.90 Å².